The van der Waals surface area contributed by atoms with Gasteiger partial charge in [-0.05, 0) is 24.1 Å². The van der Waals surface area contributed by atoms with Gasteiger partial charge >= 0.3 is 13.6 Å². The molecule has 27 heavy (non-hydrogen) atoms. The molecule has 1 amide bonds. The fraction of sp³-hybridized carbons (Fsp3) is 0.294. The Hall–Kier alpha value is -2.45. The van der Waals surface area contributed by atoms with E-state index in [-0.39, 0.29) is 19.4 Å². The van der Waals surface area contributed by atoms with Crippen molar-refractivity contribution in [2.75, 3.05) is 12.8 Å². The molecule has 1 heterocycles. The van der Waals surface area contributed by atoms with Crippen LogP contribution in [0.15, 0.2) is 47.1 Å². The summed E-state index contributed by atoms with van der Waals surface area (Å²) in [5, 5.41) is 13.6. The molecule has 0 fully saturated rings. The summed E-state index contributed by atoms with van der Waals surface area (Å²) in [6.45, 7) is -0.0698. The number of amides is 1. The lowest BCUT2D eigenvalue weighted by atomic mass is 10.0. The van der Waals surface area contributed by atoms with E-state index in [0.717, 1.165) is 11.1 Å². The molecule has 1 aromatic carbocycles. The summed E-state index contributed by atoms with van der Waals surface area (Å²) < 4.78 is 16.4. The van der Waals surface area contributed by atoms with E-state index in [9.17, 15) is 14.2 Å². The van der Waals surface area contributed by atoms with E-state index in [4.69, 9.17) is 19.3 Å². The molecule has 0 bridgehead atoms. The van der Waals surface area contributed by atoms with E-state index < -0.39 is 31.8 Å². The molecule has 0 aliphatic heterocycles. The van der Waals surface area contributed by atoms with Crippen molar-refractivity contribution in [1.82, 2.24) is 10.6 Å². The highest BCUT2D eigenvalue weighted by atomic mass is 31.2. The summed E-state index contributed by atoms with van der Waals surface area (Å²) in [4.78, 5) is 40.9. The highest BCUT2D eigenvalue weighted by Crippen LogP contribution is 2.32. The van der Waals surface area contributed by atoms with Crippen LogP contribution in [0, 0.1) is 0 Å². The fourth-order valence-electron chi connectivity index (χ4n) is 2.39. The van der Waals surface area contributed by atoms with E-state index in [2.05, 4.69) is 10.6 Å². The Kier molecular flexibility index (Phi) is 7.32. The summed E-state index contributed by atoms with van der Waals surface area (Å²) in [6.07, 6.45) is 0.841. The van der Waals surface area contributed by atoms with Gasteiger partial charge in [0.15, 0.2) is 0 Å². The van der Waals surface area contributed by atoms with E-state index in [1.54, 1.807) is 24.5 Å². The quantitative estimate of drug-likeness (QED) is 0.376. The van der Waals surface area contributed by atoms with E-state index in [1.165, 1.54) is 0 Å². The third-order valence-electron chi connectivity index (χ3n) is 3.70. The SMILES string of the molecule is O=C(O)CCNC(=O)C(Cc1ccc(-c2ccco2)cc1)NCP(=O)(O)O. The van der Waals surface area contributed by atoms with Crippen molar-refractivity contribution in [1.29, 1.82) is 0 Å². The van der Waals surface area contributed by atoms with E-state index in [0.29, 0.717) is 5.76 Å². The maximum atomic E-state index is 12.3. The number of carbonyl (C=O) groups excluding carboxylic acids is 1. The van der Waals surface area contributed by atoms with Crippen molar-refractivity contribution < 1.29 is 33.5 Å². The number of rotatable bonds is 10. The molecule has 0 spiro atoms. The molecule has 2 rings (SSSR count). The minimum Gasteiger partial charge on any atom is -0.481 e. The van der Waals surface area contributed by atoms with Gasteiger partial charge in [0.05, 0.1) is 25.0 Å². The number of nitrogens with one attached hydrogen (secondary N) is 2. The molecule has 0 aliphatic rings. The third-order valence-corrected chi connectivity index (χ3v) is 4.29. The number of hydrogen-bond donors (Lipinski definition) is 5. The van der Waals surface area contributed by atoms with Crippen LogP contribution >= 0.6 is 7.60 Å². The van der Waals surface area contributed by atoms with Gasteiger partial charge in [-0.3, -0.25) is 19.5 Å². The van der Waals surface area contributed by atoms with Crippen molar-refractivity contribution in [3.05, 3.63) is 48.2 Å². The number of hydrogen-bond acceptors (Lipinski definition) is 5. The minimum absolute atomic E-state index is 0.0698. The smallest absolute Gasteiger partial charge is 0.339 e. The molecule has 1 aromatic heterocycles. The predicted molar refractivity (Wildman–Crippen MR) is 96.9 cm³/mol. The molecule has 146 valence electrons. The number of carboxylic acid groups (broad SMARTS) is 1. The topological polar surface area (TPSA) is 149 Å². The lowest BCUT2D eigenvalue weighted by Gasteiger charge is -2.19. The average Bonchev–Trinajstić information content (AvgIpc) is 3.12. The van der Waals surface area contributed by atoms with Crippen molar-refractivity contribution in [2.45, 2.75) is 18.9 Å². The van der Waals surface area contributed by atoms with Gasteiger partial charge in [0.25, 0.3) is 0 Å². The summed E-state index contributed by atoms with van der Waals surface area (Å²) >= 11 is 0. The lowest BCUT2D eigenvalue weighted by Crippen LogP contribution is -2.46. The molecule has 0 saturated heterocycles. The average molecular weight is 396 g/mol. The lowest BCUT2D eigenvalue weighted by molar-refractivity contribution is -0.137. The van der Waals surface area contributed by atoms with Gasteiger partial charge in [-0.15, -0.1) is 0 Å². The molecule has 0 radical (unpaired) electrons. The predicted octanol–water partition coefficient (Wildman–Crippen LogP) is 1.17. The van der Waals surface area contributed by atoms with Gasteiger partial charge in [0.2, 0.25) is 5.91 Å². The third kappa shape index (κ3) is 7.36. The van der Waals surface area contributed by atoms with Gasteiger partial charge in [-0.2, -0.15) is 0 Å². The number of carboxylic acids is 1. The summed E-state index contributed by atoms with van der Waals surface area (Å²) in [5.41, 5.74) is 1.62. The highest BCUT2D eigenvalue weighted by Gasteiger charge is 2.22. The second-order valence-corrected chi connectivity index (χ2v) is 7.54. The monoisotopic (exact) mass is 396 g/mol. The minimum atomic E-state index is -4.34. The number of benzene rings is 1. The molecule has 1 unspecified atom stereocenters. The molecular formula is C17H21N2O7P. The van der Waals surface area contributed by atoms with Crippen molar-refractivity contribution >= 4 is 19.5 Å². The Balaban J connectivity index is 2.04. The molecule has 1 atom stereocenters. The normalized spacial score (nSPS) is 12.5. The molecule has 0 saturated carbocycles. The van der Waals surface area contributed by atoms with E-state index in [1.807, 2.05) is 18.2 Å². The largest absolute Gasteiger partial charge is 0.481 e. The molecule has 2 aromatic rings. The van der Waals surface area contributed by atoms with Crippen LogP contribution in [-0.2, 0) is 20.6 Å². The van der Waals surface area contributed by atoms with Gasteiger partial charge < -0.3 is 24.6 Å². The zero-order valence-electron chi connectivity index (χ0n) is 14.4. The number of aliphatic carboxylic acids is 1. The van der Waals surface area contributed by atoms with Crippen LogP contribution in [0.25, 0.3) is 11.3 Å². The zero-order valence-corrected chi connectivity index (χ0v) is 15.3. The molecule has 10 heteroatoms. The van der Waals surface area contributed by atoms with Gasteiger partial charge in [0.1, 0.15) is 5.76 Å². The molecule has 9 nitrogen and oxygen atoms in total. The first-order chi connectivity index (χ1) is 12.7. The van der Waals surface area contributed by atoms with Gasteiger partial charge in [-0.1, -0.05) is 24.3 Å². The van der Waals surface area contributed by atoms with Gasteiger partial charge in [0, 0.05) is 12.1 Å². The van der Waals surface area contributed by atoms with Crippen LogP contribution in [0.3, 0.4) is 0 Å². The standard InChI is InChI=1S/C17H21N2O7P/c20-16(21)7-8-18-17(22)14(19-11-27(23,24)25)10-12-3-5-13(6-4-12)15-2-1-9-26-15/h1-6,9,14,19H,7-8,10-11H2,(H,18,22)(H,20,21)(H2,23,24,25). The van der Waals surface area contributed by atoms with Crippen molar-refractivity contribution in [3.63, 3.8) is 0 Å². The van der Waals surface area contributed by atoms with Crippen LogP contribution in [0.5, 0.6) is 0 Å². The number of carbonyl (C=O) groups is 2. The molecule has 0 aliphatic carbocycles. The number of furan rings is 1. The Bertz CT molecular complexity index is 799. The Morgan fingerprint density at radius 2 is 1.85 bits per heavy atom. The molecular weight excluding hydrogens is 375 g/mol. The summed E-state index contributed by atoms with van der Waals surface area (Å²) in [5.74, 6) is -0.882. The fourth-order valence-corrected chi connectivity index (χ4v) is 2.84. The maximum Gasteiger partial charge on any atom is 0.339 e. The first kappa shape index (κ1) is 20.9. The Morgan fingerprint density at radius 1 is 1.15 bits per heavy atom. The summed E-state index contributed by atoms with van der Waals surface area (Å²) in [6, 6.07) is 9.87. The highest BCUT2D eigenvalue weighted by molar-refractivity contribution is 7.51. The second kappa shape index (κ2) is 9.48. The van der Waals surface area contributed by atoms with Crippen LogP contribution in [-0.4, -0.2) is 45.6 Å². The van der Waals surface area contributed by atoms with Crippen LogP contribution in [0.1, 0.15) is 12.0 Å². The first-order valence-corrected chi connectivity index (χ1v) is 9.94. The summed E-state index contributed by atoms with van der Waals surface area (Å²) in [7, 11) is -4.34. The Labute approximate surface area is 155 Å². The van der Waals surface area contributed by atoms with E-state index >= 15 is 0 Å². The van der Waals surface area contributed by atoms with Crippen LogP contribution in [0.4, 0.5) is 0 Å². The molecule has 5 N–H and O–H groups in total. The van der Waals surface area contributed by atoms with Crippen molar-refractivity contribution in [2.24, 2.45) is 0 Å². The van der Waals surface area contributed by atoms with Crippen LogP contribution < -0.4 is 10.6 Å². The van der Waals surface area contributed by atoms with Gasteiger partial charge in [-0.25, -0.2) is 0 Å². The maximum absolute atomic E-state index is 12.3. The second-order valence-electron chi connectivity index (χ2n) is 5.89. The van der Waals surface area contributed by atoms with Crippen molar-refractivity contribution in [3.8, 4) is 11.3 Å². The Morgan fingerprint density at radius 3 is 2.41 bits per heavy atom. The first-order valence-electron chi connectivity index (χ1n) is 8.15. The van der Waals surface area contributed by atoms with Crippen LogP contribution in [0.2, 0.25) is 0 Å². The zero-order chi connectivity index (χ0) is 19.9.